The van der Waals surface area contributed by atoms with Crippen molar-refractivity contribution < 1.29 is 14.3 Å². The average Bonchev–Trinajstić information content (AvgIpc) is 2.99. The zero-order valence-electron chi connectivity index (χ0n) is 15.0. The van der Waals surface area contributed by atoms with Gasteiger partial charge in [0, 0.05) is 21.2 Å². The van der Waals surface area contributed by atoms with Crippen LogP contribution in [-0.4, -0.2) is 20.0 Å². The first-order chi connectivity index (χ1) is 13.1. The lowest BCUT2D eigenvalue weighted by Gasteiger charge is -2.11. The van der Waals surface area contributed by atoms with Gasteiger partial charge in [-0.05, 0) is 59.2 Å². The van der Waals surface area contributed by atoms with Crippen molar-refractivity contribution in [3.05, 3.63) is 93.5 Å². The monoisotopic (exact) mass is 420 g/mol. The van der Waals surface area contributed by atoms with Crippen LogP contribution in [0.1, 0.15) is 27.0 Å². The summed E-state index contributed by atoms with van der Waals surface area (Å²) in [5, 5.41) is 0. The number of carbonyl (C=O) groups excluding carboxylic acids is 1. The molecule has 3 aromatic carbocycles. The SMILES string of the molecule is COc1cccc(C2=C(c3cccc(OC)c3)c3cc(Br)ccc3C2=O)c1. The molecule has 134 valence electrons. The molecule has 4 rings (SSSR count). The number of fused-ring (bicyclic) bond motifs is 1. The van der Waals surface area contributed by atoms with Crippen LogP contribution in [0.25, 0.3) is 11.1 Å². The van der Waals surface area contributed by atoms with Crippen molar-refractivity contribution in [2.75, 3.05) is 14.2 Å². The Morgan fingerprint density at radius 1 is 0.704 bits per heavy atom. The van der Waals surface area contributed by atoms with Gasteiger partial charge in [-0.2, -0.15) is 0 Å². The largest absolute Gasteiger partial charge is 0.497 e. The number of benzene rings is 3. The number of hydrogen-bond acceptors (Lipinski definition) is 3. The van der Waals surface area contributed by atoms with Gasteiger partial charge in [-0.3, -0.25) is 4.79 Å². The molecular weight excluding hydrogens is 404 g/mol. The van der Waals surface area contributed by atoms with Crippen molar-refractivity contribution in [1.82, 2.24) is 0 Å². The van der Waals surface area contributed by atoms with Gasteiger partial charge in [-0.25, -0.2) is 0 Å². The van der Waals surface area contributed by atoms with Gasteiger partial charge in [0.1, 0.15) is 11.5 Å². The summed E-state index contributed by atoms with van der Waals surface area (Å²) in [5.41, 5.74) is 4.98. The van der Waals surface area contributed by atoms with E-state index in [2.05, 4.69) is 15.9 Å². The Hall–Kier alpha value is -2.85. The molecule has 0 unspecified atom stereocenters. The molecule has 0 bridgehead atoms. The van der Waals surface area contributed by atoms with Gasteiger partial charge >= 0.3 is 0 Å². The minimum Gasteiger partial charge on any atom is -0.497 e. The molecule has 4 heteroatoms. The van der Waals surface area contributed by atoms with Crippen LogP contribution in [0.5, 0.6) is 11.5 Å². The third kappa shape index (κ3) is 3.06. The van der Waals surface area contributed by atoms with Gasteiger partial charge in [-0.1, -0.05) is 40.2 Å². The Morgan fingerprint density at radius 3 is 1.89 bits per heavy atom. The van der Waals surface area contributed by atoms with E-state index in [4.69, 9.17) is 9.47 Å². The van der Waals surface area contributed by atoms with Gasteiger partial charge in [-0.15, -0.1) is 0 Å². The molecule has 0 saturated heterocycles. The maximum atomic E-state index is 13.3. The predicted molar refractivity (Wildman–Crippen MR) is 110 cm³/mol. The lowest BCUT2D eigenvalue weighted by Crippen LogP contribution is -1.99. The molecule has 27 heavy (non-hydrogen) atoms. The third-order valence-electron chi connectivity index (χ3n) is 4.69. The molecule has 0 atom stereocenters. The van der Waals surface area contributed by atoms with Gasteiger partial charge in [0.2, 0.25) is 0 Å². The van der Waals surface area contributed by atoms with Crippen LogP contribution in [0.15, 0.2) is 71.2 Å². The van der Waals surface area contributed by atoms with E-state index in [0.717, 1.165) is 38.2 Å². The molecule has 0 saturated carbocycles. The van der Waals surface area contributed by atoms with Crippen LogP contribution in [-0.2, 0) is 0 Å². The summed E-state index contributed by atoms with van der Waals surface area (Å²) in [5.74, 6) is 1.49. The summed E-state index contributed by atoms with van der Waals surface area (Å²) in [6, 6.07) is 21.2. The minimum absolute atomic E-state index is 0.0172. The van der Waals surface area contributed by atoms with Crippen LogP contribution >= 0.6 is 15.9 Å². The zero-order chi connectivity index (χ0) is 19.0. The summed E-state index contributed by atoms with van der Waals surface area (Å²) in [4.78, 5) is 13.3. The van der Waals surface area contributed by atoms with E-state index in [9.17, 15) is 4.79 Å². The van der Waals surface area contributed by atoms with E-state index >= 15 is 0 Å². The highest BCUT2D eigenvalue weighted by Gasteiger charge is 2.31. The fourth-order valence-electron chi connectivity index (χ4n) is 3.44. The van der Waals surface area contributed by atoms with Gasteiger partial charge in [0.15, 0.2) is 5.78 Å². The second-order valence-electron chi connectivity index (χ2n) is 6.23. The summed E-state index contributed by atoms with van der Waals surface area (Å²) in [6.45, 7) is 0. The highest BCUT2D eigenvalue weighted by Crippen LogP contribution is 2.44. The number of ketones is 1. The number of hydrogen-bond donors (Lipinski definition) is 0. The first-order valence-corrected chi connectivity index (χ1v) is 9.29. The number of rotatable bonds is 4. The van der Waals surface area contributed by atoms with E-state index < -0.39 is 0 Å². The second kappa shape index (κ2) is 7.05. The first kappa shape index (κ1) is 17.6. The number of carbonyl (C=O) groups is 1. The predicted octanol–water partition coefficient (Wildman–Crippen LogP) is 5.62. The van der Waals surface area contributed by atoms with Crippen molar-refractivity contribution >= 4 is 32.9 Å². The van der Waals surface area contributed by atoms with E-state index in [1.165, 1.54) is 0 Å². The molecule has 0 amide bonds. The molecule has 0 N–H and O–H groups in total. The van der Waals surface area contributed by atoms with E-state index in [-0.39, 0.29) is 5.78 Å². The molecule has 0 heterocycles. The highest BCUT2D eigenvalue weighted by molar-refractivity contribution is 9.10. The second-order valence-corrected chi connectivity index (χ2v) is 7.15. The fraction of sp³-hybridized carbons (Fsp3) is 0.0870. The minimum atomic E-state index is 0.0172. The summed E-state index contributed by atoms with van der Waals surface area (Å²) >= 11 is 3.53. The molecule has 0 aromatic heterocycles. The Balaban J connectivity index is 2.03. The van der Waals surface area contributed by atoms with Gasteiger partial charge in [0.25, 0.3) is 0 Å². The fourth-order valence-corrected chi connectivity index (χ4v) is 3.80. The number of allylic oxidation sites excluding steroid dienone is 1. The maximum absolute atomic E-state index is 13.3. The van der Waals surface area contributed by atoms with Gasteiger partial charge in [0.05, 0.1) is 14.2 Å². The Morgan fingerprint density at radius 2 is 1.30 bits per heavy atom. The van der Waals surface area contributed by atoms with Crippen molar-refractivity contribution in [2.45, 2.75) is 0 Å². The number of Topliss-reactive ketones (excluding diaryl/α,β-unsaturated/α-hetero) is 1. The lowest BCUT2D eigenvalue weighted by atomic mass is 9.94. The number of halogens is 1. The van der Waals surface area contributed by atoms with Crippen molar-refractivity contribution in [3.63, 3.8) is 0 Å². The molecular formula is C23H17BrO3. The molecule has 3 aromatic rings. The average molecular weight is 421 g/mol. The molecule has 3 nitrogen and oxygen atoms in total. The van der Waals surface area contributed by atoms with Crippen LogP contribution in [0.2, 0.25) is 0 Å². The standard InChI is InChI=1S/C23H17BrO3/c1-26-17-7-3-5-14(11-17)21-20-13-16(24)9-10-19(20)23(25)22(21)15-6-4-8-18(12-15)27-2/h3-13H,1-2H3. The van der Waals surface area contributed by atoms with Crippen LogP contribution in [0, 0.1) is 0 Å². The Labute approximate surface area is 166 Å². The van der Waals surface area contributed by atoms with Crippen LogP contribution in [0.3, 0.4) is 0 Å². The number of ether oxygens (including phenoxy) is 2. The quantitative estimate of drug-likeness (QED) is 0.549. The first-order valence-electron chi connectivity index (χ1n) is 8.50. The third-order valence-corrected chi connectivity index (χ3v) is 5.18. The summed E-state index contributed by atoms with van der Waals surface area (Å²) in [6.07, 6.45) is 0. The topological polar surface area (TPSA) is 35.5 Å². The lowest BCUT2D eigenvalue weighted by molar-refractivity contribution is 0.105. The normalized spacial score (nSPS) is 12.9. The molecule has 0 fully saturated rings. The number of methoxy groups -OCH3 is 2. The summed E-state index contributed by atoms with van der Waals surface area (Å²) in [7, 11) is 3.26. The van der Waals surface area contributed by atoms with Crippen molar-refractivity contribution in [3.8, 4) is 11.5 Å². The van der Waals surface area contributed by atoms with E-state index in [1.807, 2.05) is 66.7 Å². The van der Waals surface area contributed by atoms with Gasteiger partial charge < -0.3 is 9.47 Å². The smallest absolute Gasteiger partial charge is 0.194 e. The van der Waals surface area contributed by atoms with Crippen LogP contribution < -0.4 is 9.47 Å². The van der Waals surface area contributed by atoms with Crippen LogP contribution in [0.4, 0.5) is 0 Å². The van der Waals surface area contributed by atoms with E-state index in [0.29, 0.717) is 11.1 Å². The molecule has 0 radical (unpaired) electrons. The Kier molecular flexibility index (Phi) is 4.58. The zero-order valence-corrected chi connectivity index (χ0v) is 16.5. The highest BCUT2D eigenvalue weighted by atomic mass is 79.9. The molecule has 0 aliphatic heterocycles. The van der Waals surface area contributed by atoms with E-state index in [1.54, 1.807) is 14.2 Å². The van der Waals surface area contributed by atoms with Crippen molar-refractivity contribution in [1.29, 1.82) is 0 Å². The molecule has 1 aliphatic rings. The molecule has 0 spiro atoms. The summed E-state index contributed by atoms with van der Waals surface area (Å²) < 4.78 is 11.7. The molecule has 1 aliphatic carbocycles. The van der Waals surface area contributed by atoms with Crippen molar-refractivity contribution in [2.24, 2.45) is 0 Å². The maximum Gasteiger partial charge on any atom is 0.194 e. The Bertz CT molecular complexity index is 1080.